The van der Waals surface area contributed by atoms with Crippen LogP contribution in [0.4, 0.5) is 0 Å². The predicted molar refractivity (Wildman–Crippen MR) is 63.3 cm³/mol. The van der Waals surface area contributed by atoms with Crippen molar-refractivity contribution < 1.29 is 4.79 Å². The molecule has 0 bridgehead atoms. The van der Waals surface area contributed by atoms with Crippen molar-refractivity contribution in [2.45, 2.75) is 19.4 Å². The van der Waals surface area contributed by atoms with Gasteiger partial charge in [0.2, 0.25) is 0 Å². The van der Waals surface area contributed by atoms with Crippen molar-refractivity contribution in [1.29, 1.82) is 5.26 Å². The number of amides is 1. The number of carbonyl (C=O) groups excluding carboxylic acids is 1. The number of benzene rings is 1. The van der Waals surface area contributed by atoms with Crippen molar-refractivity contribution in [3.63, 3.8) is 0 Å². The molecule has 86 valence electrons. The number of aromatic amines is 1. The van der Waals surface area contributed by atoms with Gasteiger partial charge in [0, 0.05) is 17.0 Å². The Kier molecular flexibility index (Phi) is 3.06. The number of nitriles is 1. The number of nitrogens with one attached hydrogen (secondary N) is 2. The van der Waals surface area contributed by atoms with Gasteiger partial charge in [0.05, 0.1) is 24.2 Å². The largest absolute Gasteiger partial charge is 0.349 e. The molecule has 0 fully saturated rings. The first-order valence-corrected chi connectivity index (χ1v) is 5.31. The number of carbonyl (C=O) groups is 1. The van der Waals surface area contributed by atoms with Crippen LogP contribution in [0.2, 0.25) is 0 Å². The normalized spacial score (nSPS) is 12.0. The first kappa shape index (κ1) is 11.1. The summed E-state index contributed by atoms with van der Waals surface area (Å²) in [5, 5.41) is 18.9. The van der Waals surface area contributed by atoms with Crippen LogP contribution in [-0.2, 0) is 0 Å². The van der Waals surface area contributed by atoms with Crippen molar-refractivity contribution in [3.05, 3.63) is 30.0 Å². The molecule has 0 aliphatic rings. The topological polar surface area (TPSA) is 81.6 Å². The highest BCUT2D eigenvalue weighted by Gasteiger charge is 2.10. The van der Waals surface area contributed by atoms with Gasteiger partial charge < -0.3 is 5.32 Å². The van der Waals surface area contributed by atoms with Crippen LogP contribution in [0.1, 0.15) is 23.7 Å². The highest BCUT2D eigenvalue weighted by molar-refractivity contribution is 5.97. The molecule has 1 atom stereocenters. The van der Waals surface area contributed by atoms with Gasteiger partial charge in [-0.25, -0.2) is 0 Å². The van der Waals surface area contributed by atoms with Crippen molar-refractivity contribution in [2.75, 3.05) is 0 Å². The Morgan fingerprint density at radius 3 is 3.24 bits per heavy atom. The molecule has 1 heterocycles. The Labute approximate surface area is 98.4 Å². The summed E-state index contributed by atoms with van der Waals surface area (Å²) in [6, 6.07) is 7.20. The lowest BCUT2D eigenvalue weighted by atomic mass is 10.1. The highest BCUT2D eigenvalue weighted by Crippen LogP contribution is 2.12. The van der Waals surface area contributed by atoms with Crippen LogP contribution in [0.5, 0.6) is 0 Å². The third-order valence-electron chi connectivity index (χ3n) is 2.48. The third-order valence-corrected chi connectivity index (χ3v) is 2.48. The van der Waals surface area contributed by atoms with Crippen LogP contribution in [0.3, 0.4) is 0 Å². The van der Waals surface area contributed by atoms with Crippen LogP contribution >= 0.6 is 0 Å². The Morgan fingerprint density at radius 1 is 1.65 bits per heavy atom. The molecule has 0 aliphatic carbocycles. The maximum absolute atomic E-state index is 11.8. The van der Waals surface area contributed by atoms with Gasteiger partial charge >= 0.3 is 0 Å². The Bertz CT molecular complexity index is 581. The van der Waals surface area contributed by atoms with Gasteiger partial charge in [0.15, 0.2) is 0 Å². The van der Waals surface area contributed by atoms with E-state index in [-0.39, 0.29) is 11.9 Å². The minimum absolute atomic E-state index is 0.148. The molecule has 1 aromatic heterocycles. The second-order valence-electron chi connectivity index (χ2n) is 3.91. The van der Waals surface area contributed by atoms with Crippen LogP contribution in [0.15, 0.2) is 24.4 Å². The lowest BCUT2D eigenvalue weighted by molar-refractivity contribution is 0.0941. The number of hydrogen-bond donors (Lipinski definition) is 2. The SMILES string of the molecule is CC(CC#N)NC(=O)c1ccc2cn[nH]c2c1. The van der Waals surface area contributed by atoms with E-state index in [9.17, 15) is 4.79 Å². The molecule has 17 heavy (non-hydrogen) atoms. The molecular weight excluding hydrogens is 216 g/mol. The van der Waals surface area contributed by atoms with Gasteiger partial charge in [-0.3, -0.25) is 9.89 Å². The van der Waals surface area contributed by atoms with Crippen molar-refractivity contribution in [2.24, 2.45) is 0 Å². The summed E-state index contributed by atoms with van der Waals surface area (Å²) in [4.78, 5) is 11.8. The highest BCUT2D eigenvalue weighted by atomic mass is 16.1. The summed E-state index contributed by atoms with van der Waals surface area (Å²) >= 11 is 0. The average Bonchev–Trinajstić information content (AvgIpc) is 2.75. The lowest BCUT2D eigenvalue weighted by Gasteiger charge is -2.10. The molecule has 0 spiro atoms. The summed E-state index contributed by atoms with van der Waals surface area (Å²) in [6.07, 6.45) is 2.01. The fourth-order valence-corrected chi connectivity index (χ4v) is 1.57. The molecule has 0 aliphatic heterocycles. The Hall–Kier alpha value is -2.35. The molecule has 5 nitrogen and oxygen atoms in total. The maximum atomic E-state index is 11.8. The second-order valence-corrected chi connectivity index (χ2v) is 3.91. The van der Waals surface area contributed by atoms with E-state index < -0.39 is 0 Å². The summed E-state index contributed by atoms with van der Waals surface area (Å²) in [7, 11) is 0. The molecule has 1 aromatic carbocycles. The van der Waals surface area contributed by atoms with Crippen LogP contribution in [0, 0.1) is 11.3 Å². The zero-order valence-electron chi connectivity index (χ0n) is 9.40. The average molecular weight is 228 g/mol. The molecule has 5 heteroatoms. The molecule has 2 N–H and O–H groups in total. The van der Waals surface area contributed by atoms with E-state index in [1.165, 1.54) is 0 Å². The molecule has 2 aromatic rings. The first-order valence-electron chi connectivity index (χ1n) is 5.31. The van der Waals surface area contributed by atoms with Crippen molar-refractivity contribution in [1.82, 2.24) is 15.5 Å². The Balaban J connectivity index is 2.16. The van der Waals surface area contributed by atoms with Gasteiger partial charge in [0.1, 0.15) is 0 Å². The van der Waals surface area contributed by atoms with Crippen LogP contribution in [0.25, 0.3) is 10.9 Å². The number of hydrogen-bond acceptors (Lipinski definition) is 3. The molecule has 1 unspecified atom stereocenters. The number of nitrogens with zero attached hydrogens (tertiary/aromatic N) is 2. The van der Waals surface area contributed by atoms with Gasteiger partial charge in [-0.05, 0) is 19.1 Å². The van der Waals surface area contributed by atoms with Crippen LogP contribution < -0.4 is 5.32 Å². The summed E-state index contributed by atoms with van der Waals surface area (Å²) in [5.41, 5.74) is 1.39. The molecule has 0 radical (unpaired) electrons. The van der Waals surface area contributed by atoms with Crippen molar-refractivity contribution in [3.8, 4) is 6.07 Å². The summed E-state index contributed by atoms with van der Waals surface area (Å²) in [5.74, 6) is -0.177. The molecule has 0 saturated heterocycles. The summed E-state index contributed by atoms with van der Waals surface area (Å²) in [6.45, 7) is 1.80. The smallest absolute Gasteiger partial charge is 0.251 e. The zero-order chi connectivity index (χ0) is 12.3. The quantitative estimate of drug-likeness (QED) is 0.837. The monoisotopic (exact) mass is 228 g/mol. The molecular formula is C12H12N4O. The van der Waals surface area contributed by atoms with E-state index in [4.69, 9.17) is 5.26 Å². The van der Waals surface area contributed by atoms with Crippen LogP contribution in [-0.4, -0.2) is 22.1 Å². The molecule has 0 saturated carbocycles. The van der Waals surface area contributed by atoms with E-state index >= 15 is 0 Å². The van der Waals surface area contributed by atoms with E-state index in [2.05, 4.69) is 15.5 Å². The fourth-order valence-electron chi connectivity index (χ4n) is 1.57. The number of rotatable bonds is 3. The van der Waals surface area contributed by atoms with Gasteiger partial charge in [0.25, 0.3) is 5.91 Å². The van der Waals surface area contributed by atoms with E-state index in [0.29, 0.717) is 12.0 Å². The minimum Gasteiger partial charge on any atom is -0.349 e. The first-order chi connectivity index (χ1) is 8.20. The number of aromatic nitrogens is 2. The lowest BCUT2D eigenvalue weighted by Crippen LogP contribution is -2.32. The van der Waals surface area contributed by atoms with Crippen molar-refractivity contribution >= 4 is 16.8 Å². The van der Waals surface area contributed by atoms with E-state index in [0.717, 1.165) is 10.9 Å². The Morgan fingerprint density at radius 2 is 2.47 bits per heavy atom. The zero-order valence-corrected chi connectivity index (χ0v) is 9.40. The summed E-state index contributed by atoms with van der Waals surface area (Å²) < 4.78 is 0. The van der Waals surface area contributed by atoms with Gasteiger partial charge in [-0.15, -0.1) is 0 Å². The number of fused-ring (bicyclic) bond motifs is 1. The van der Waals surface area contributed by atoms with Gasteiger partial charge in [-0.1, -0.05) is 6.07 Å². The fraction of sp³-hybridized carbons (Fsp3) is 0.250. The number of H-pyrrole nitrogens is 1. The predicted octanol–water partition coefficient (Wildman–Crippen LogP) is 1.59. The molecule has 2 rings (SSSR count). The second kappa shape index (κ2) is 4.66. The van der Waals surface area contributed by atoms with Gasteiger partial charge in [-0.2, -0.15) is 10.4 Å². The van der Waals surface area contributed by atoms with E-state index in [1.807, 2.05) is 12.1 Å². The minimum atomic E-state index is -0.177. The molecule has 1 amide bonds. The van der Waals surface area contributed by atoms with E-state index in [1.54, 1.807) is 25.3 Å². The third kappa shape index (κ3) is 2.42. The maximum Gasteiger partial charge on any atom is 0.251 e. The standard InChI is InChI=1S/C12H12N4O/c1-8(4-5-13)15-12(17)9-2-3-10-7-14-16-11(10)6-9/h2-3,6-8H,4H2,1H3,(H,14,16)(H,15,17).